The fourth-order valence-corrected chi connectivity index (χ4v) is 20.2. The molecule has 1 saturated heterocycles. The Balaban J connectivity index is 1.49. The van der Waals surface area contributed by atoms with Gasteiger partial charge in [-0.3, -0.25) is 76.7 Å². The van der Waals surface area contributed by atoms with Crippen LogP contribution in [-0.4, -0.2) is 256 Å². The molecule has 1 aliphatic heterocycles. The summed E-state index contributed by atoms with van der Waals surface area (Å²) in [5.41, 5.74) is -2.53. The van der Waals surface area contributed by atoms with E-state index in [1.807, 2.05) is 81.4 Å². The molecule has 5 rings (SSSR count). The minimum Gasteiger partial charge on any atom is -0.458 e. The highest BCUT2D eigenvalue weighted by Gasteiger charge is 2.68. The standard InChI is InChI=1S/C95H151N7O21/c1-27-29-31-60(15)68(49-83(113)123-53-122-82(112)33-30-32-81(111)121-52-79(109)95(120)39-37-69-66-35-34-64-47-65(103)36-38-93(64,18)84(66)78(108)50-94(69,95)19)86-77(107)46-63(28-2)88(115)96(20)51-80(110)97(21)70(40-54(3)4)76(106)48-67(58(11)12)89(116)98(22)71(41-55(5)6)75(105)44-61(16)74(104)45-62(17)87(114)99(23)72(42-56(7)8)90(117)100(24)73(43-57(9)10)91(118)101(25)85(59(13)14)92(119)102(86)26/h27,29,36,38,47,54-63,66-73,78,84-86,108,120H,28,30-35,37,39-46,48-53H2,1-26H3/b29-27+/t60-,61+,62-,63+,66?,67-,68-,69?,70+,71-,72-,73-,78+,84?,85-,86-,93+,94+,95+/m1/s1. The Kier molecular flexibility index (Phi) is 39.3. The number of likely N-dealkylation sites (N-methyl/N-ethyl adjacent to an activating group) is 7. The lowest BCUT2D eigenvalue weighted by Gasteiger charge is -2.59. The molecule has 0 aromatic carbocycles. The van der Waals surface area contributed by atoms with Gasteiger partial charge in [0.1, 0.15) is 29.5 Å². The van der Waals surface area contributed by atoms with Gasteiger partial charge >= 0.3 is 17.9 Å². The fourth-order valence-electron chi connectivity index (χ4n) is 20.2. The summed E-state index contributed by atoms with van der Waals surface area (Å²) in [6, 6.07) is -7.41. The van der Waals surface area contributed by atoms with Crippen molar-refractivity contribution in [2.24, 2.45) is 99.6 Å². The highest BCUT2D eigenvalue weighted by Crippen LogP contribution is 2.67. The van der Waals surface area contributed by atoms with Crippen LogP contribution in [0.5, 0.6) is 0 Å². The fraction of sp³-hybridized carbons (Fsp3) is 0.768. The van der Waals surface area contributed by atoms with Crippen LogP contribution in [0.4, 0.5) is 0 Å². The molecule has 3 unspecified atom stereocenters. The van der Waals surface area contributed by atoms with Crippen molar-refractivity contribution in [1.29, 1.82) is 0 Å². The number of fused-ring (bicyclic) bond motifs is 5. The summed E-state index contributed by atoms with van der Waals surface area (Å²) in [6.45, 7) is 32.0. The van der Waals surface area contributed by atoms with Gasteiger partial charge in [-0.1, -0.05) is 148 Å². The number of esters is 3. The molecule has 0 aromatic heterocycles. The average molecular weight is 1730 g/mol. The van der Waals surface area contributed by atoms with Gasteiger partial charge < -0.3 is 58.7 Å². The maximum absolute atomic E-state index is 16.0. The molecule has 19 atom stereocenters. The van der Waals surface area contributed by atoms with Crippen LogP contribution < -0.4 is 0 Å². The first kappa shape index (κ1) is 105. The topological polar surface area (TPSA) is 364 Å². The third-order valence-corrected chi connectivity index (χ3v) is 27.7. The number of amides is 7. The molecule has 7 amide bonds. The molecule has 28 heteroatoms. The lowest BCUT2D eigenvalue weighted by atomic mass is 9.46. The van der Waals surface area contributed by atoms with Crippen LogP contribution in [0.3, 0.4) is 0 Å². The zero-order chi connectivity index (χ0) is 93.3. The summed E-state index contributed by atoms with van der Waals surface area (Å²) in [6.07, 6.45) is 7.88. The molecule has 123 heavy (non-hydrogen) atoms. The second-order valence-electron chi connectivity index (χ2n) is 39.4. The highest BCUT2D eigenvalue weighted by molar-refractivity contribution is 6.02. The van der Waals surface area contributed by atoms with Gasteiger partial charge in [0.25, 0.3) is 0 Å². The van der Waals surface area contributed by atoms with Crippen LogP contribution in [0, 0.1) is 99.6 Å². The van der Waals surface area contributed by atoms with Crippen LogP contribution in [0.1, 0.15) is 254 Å². The van der Waals surface area contributed by atoms with Crippen LogP contribution >= 0.6 is 0 Å². The number of hydrogen-bond acceptors (Lipinski definition) is 21. The van der Waals surface area contributed by atoms with Crippen LogP contribution in [0.25, 0.3) is 0 Å². The van der Waals surface area contributed by atoms with Crippen molar-refractivity contribution in [2.45, 2.75) is 302 Å². The summed E-state index contributed by atoms with van der Waals surface area (Å²) in [4.78, 5) is 242. The molecule has 4 aliphatic carbocycles. The van der Waals surface area contributed by atoms with Gasteiger partial charge in [0, 0.05) is 128 Å². The molecule has 3 saturated carbocycles. The predicted octanol–water partition coefficient (Wildman–Crippen LogP) is 10.6. The largest absolute Gasteiger partial charge is 0.458 e. The van der Waals surface area contributed by atoms with E-state index < -0.39 is 221 Å². The van der Waals surface area contributed by atoms with Crippen molar-refractivity contribution < 1.29 is 101 Å². The molecule has 4 fully saturated rings. The minimum absolute atomic E-state index is 0.0305. The predicted molar refractivity (Wildman–Crippen MR) is 465 cm³/mol. The summed E-state index contributed by atoms with van der Waals surface area (Å²) in [5, 5.41) is 24.1. The summed E-state index contributed by atoms with van der Waals surface area (Å²) in [5.74, 6) is -17.7. The van der Waals surface area contributed by atoms with Crippen molar-refractivity contribution >= 4 is 94.0 Å². The number of aliphatic hydroxyl groups excluding tert-OH is 1. The zero-order valence-corrected chi connectivity index (χ0v) is 78.9. The SMILES string of the molecule is C/C=C/C[C@@H](C)[C@@H](CC(=O)OCOC(=O)CCCC(=O)OCC(=O)[C@@]1(O)CCC2C3CCC4=CC(=O)C=C[C@]4(C)C3[C@@H](O)C[C@@]21C)[C@@H]1C(=O)C[C@H](CC)C(=O)N(C)CC(=O)N(C)[C@@H](CC(C)C)C(=O)C[C@H](C(C)C)C(=O)N(C)[C@H](CC(C)C)C(=O)C[C@H](C)C(=O)C[C@@H](C)C(=O)N(C)[C@H](CC(C)C)C(=O)N(C)[C@H](CC(C)C)C(=O)N(C)[C@H](C(C)C)C(=O)N1C. The number of rotatable bonds is 26. The number of ether oxygens (including phenoxy) is 3. The van der Waals surface area contributed by atoms with Crippen molar-refractivity contribution in [3.05, 3.63) is 36.0 Å². The molecule has 692 valence electrons. The number of carbonyl (C=O) groups excluding carboxylic acids is 16. The monoisotopic (exact) mass is 1730 g/mol. The first-order valence-electron chi connectivity index (χ1n) is 45.1. The Morgan fingerprint density at radius 3 is 1.61 bits per heavy atom. The van der Waals surface area contributed by atoms with E-state index in [0.29, 0.717) is 19.3 Å². The second kappa shape index (κ2) is 45.8. The van der Waals surface area contributed by atoms with E-state index in [0.717, 1.165) is 10.5 Å². The van der Waals surface area contributed by atoms with E-state index in [4.69, 9.17) is 14.2 Å². The third kappa shape index (κ3) is 26.1. The number of Topliss-reactive ketones (excluding diaryl/α,β-unsaturated/α-hetero) is 5. The molecule has 1 heterocycles. The van der Waals surface area contributed by atoms with E-state index in [2.05, 4.69) is 0 Å². The van der Waals surface area contributed by atoms with E-state index >= 15 is 24.0 Å². The number of allylic oxidation sites excluding steroid dienone is 6. The molecule has 2 N–H and O–H groups in total. The quantitative estimate of drug-likeness (QED) is 0.0461. The van der Waals surface area contributed by atoms with Crippen molar-refractivity contribution in [3.63, 3.8) is 0 Å². The normalized spacial score (nSPS) is 30.5. The van der Waals surface area contributed by atoms with Crippen molar-refractivity contribution in [3.8, 4) is 0 Å². The molecule has 0 bridgehead atoms. The van der Waals surface area contributed by atoms with Gasteiger partial charge in [0.05, 0.1) is 37.2 Å². The minimum atomic E-state index is -1.91. The van der Waals surface area contributed by atoms with Crippen molar-refractivity contribution in [1.82, 2.24) is 34.3 Å². The van der Waals surface area contributed by atoms with Gasteiger partial charge in [-0.05, 0) is 155 Å². The third-order valence-electron chi connectivity index (χ3n) is 27.7. The maximum Gasteiger partial charge on any atom is 0.309 e. The van der Waals surface area contributed by atoms with Crippen LogP contribution in [-0.2, 0) is 90.9 Å². The molecule has 0 aromatic rings. The molecule has 0 radical (unpaired) electrons. The Bertz CT molecular complexity index is 3900. The second-order valence-corrected chi connectivity index (χ2v) is 39.4. The Morgan fingerprint density at radius 2 is 1.07 bits per heavy atom. The number of nitrogens with zero attached hydrogens (tertiary/aromatic N) is 7. The van der Waals surface area contributed by atoms with Crippen LogP contribution in [0.15, 0.2) is 36.0 Å². The lowest BCUT2D eigenvalue weighted by Crippen LogP contribution is -2.61. The highest BCUT2D eigenvalue weighted by atomic mass is 16.7. The summed E-state index contributed by atoms with van der Waals surface area (Å²) in [7, 11) is 10.1. The maximum atomic E-state index is 16.0. The molecular weight excluding hydrogens is 1580 g/mol. The summed E-state index contributed by atoms with van der Waals surface area (Å²) < 4.78 is 16.3. The van der Waals surface area contributed by atoms with Gasteiger partial charge in [0.15, 0.2) is 29.7 Å². The smallest absolute Gasteiger partial charge is 0.309 e. The van der Waals surface area contributed by atoms with Crippen LogP contribution in [0.2, 0.25) is 0 Å². The summed E-state index contributed by atoms with van der Waals surface area (Å²) >= 11 is 0. The average Bonchev–Trinajstić information content (AvgIpc) is 1.59. The molecule has 28 nitrogen and oxygen atoms in total. The van der Waals surface area contributed by atoms with Gasteiger partial charge in [-0.25, -0.2) is 0 Å². The number of carbonyl (C=O) groups is 16. The number of ketones is 6. The van der Waals surface area contributed by atoms with Gasteiger partial charge in [-0.2, -0.15) is 0 Å². The Morgan fingerprint density at radius 1 is 0.561 bits per heavy atom. The molecule has 5 aliphatic rings. The Labute approximate surface area is 732 Å². The van der Waals surface area contributed by atoms with E-state index in [1.54, 1.807) is 74.5 Å². The number of hydrogen-bond donors (Lipinski definition) is 2. The van der Waals surface area contributed by atoms with E-state index in [9.17, 15) is 63.0 Å². The van der Waals surface area contributed by atoms with Gasteiger partial charge in [-0.15, -0.1) is 0 Å². The zero-order valence-electron chi connectivity index (χ0n) is 78.9. The van der Waals surface area contributed by atoms with Gasteiger partial charge in [0.2, 0.25) is 53.9 Å². The Hall–Kier alpha value is -8.14. The lowest BCUT2D eigenvalue weighted by molar-refractivity contribution is -0.181. The van der Waals surface area contributed by atoms with Crippen molar-refractivity contribution in [2.75, 3.05) is 69.3 Å². The van der Waals surface area contributed by atoms with E-state index in [-0.39, 0.29) is 143 Å². The number of aliphatic hydroxyl groups is 2. The first-order chi connectivity index (χ1) is 57.2. The molecule has 0 spiro atoms. The van der Waals surface area contributed by atoms with E-state index in [1.165, 1.54) is 84.8 Å². The molecular formula is C95H151N7O21. The first-order valence-corrected chi connectivity index (χ1v) is 45.1.